The molecule has 134 valence electrons. The van der Waals surface area contributed by atoms with Gasteiger partial charge in [0.05, 0.1) is 11.2 Å². The van der Waals surface area contributed by atoms with E-state index in [1.54, 1.807) is 12.4 Å². The fourth-order valence-corrected chi connectivity index (χ4v) is 3.34. The Kier molecular flexibility index (Phi) is 5.07. The summed E-state index contributed by atoms with van der Waals surface area (Å²) in [5.41, 5.74) is 5.01. The van der Waals surface area contributed by atoms with Gasteiger partial charge >= 0.3 is 0 Å². The fourth-order valence-electron chi connectivity index (χ4n) is 3.34. The maximum Gasteiger partial charge on any atom is 0.243 e. The van der Waals surface area contributed by atoms with Gasteiger partial charge in [-0.25, -0.2) is 9.97 Å². The van der Waals surface area contributed by atoms with Crippen LogP contribution in [0.3, 0.4) is 0 Å². The molecule has 0 amide bonds. The van der Waals surface area contributed by atoms with Crippen LogP contribution in [0, 0.1) is 6.92 Å². The number of ether oxygens (including phenoxy) is 1. The molecule has 5 heteroatoms. The van der Waals surface area contributed by atoms with Crippen LogP contribution in [0.2, 0.25) is 0 Å². The van der Waals surface area contributed by atoms with Crippen LogP contribution < -0.4 is 4.74 Å². The minimum atomic E-state index is 0.562. The smallest absolute Gasteiger partial charge is 0.243 e. The summed E-state index contributed by atoms with van der Waals surface area (Å²) in [6.45, 7) is 4.84. The Morgan fingerprint density at radius 2 is 1.77 bits per heavy atom. The number of aryl methyl sites for hydroxylation is 1. The van der Waals surface area contributed by atoms with Gasteiger partial charge in [0.2, 0.25) is 5.88 Å². The summed E-state index contributed by atoms with van der Waals surface area (Å²) in [7, 11) is 0. The van der Waals surface area contributed by atoms with E-state index in [0.717, 1.165) is 36.2 Å². The molecular formula is C21H24N4O. The van der Waals surface area contributed by atoms with E-state index in [0.29, 0.717) is 12.6 Å². The van der Waals surface area contributed by atoms with Crippen molar-refractivity contribution >= 4 is 11.0 Å². The second-order valence-corrected chi connectivity index (χ2v) is 6.96. The maximum absolute atomic E-state index is 6.07. The Morgan fingerprint density at radius 3 is 2.58 bits per heavy atom. The normalized spacial score (nSPS) is 15.3. The van der Waals surface area contributed by atoms with Crippen molar-refractivity contribution in [2.75, 3.05) is 19.8 Å². The number of hydrogen-bond donors (Lipinski definition) is 0. The molecule has 5 nitrogen and oxygen atoms in total. The highest BCUT2D eigenvalue weighted by molar-refractivity contribution is 5.79. The van der Waals surface area contributed by atoms with E-state index in [9.17, 15) is 0 Å². The molecule has 0 aliphatic carbocycles. The summed E-state index contributed by atoms with van der Waals surface area (Å²) in [5, 5.41) is 0. The Labute approximate surface area is 154 Å². The number of benzene rings is 1. The highest BCUT2D eigenvalue weighted by Gasteiger charge is 2.14. The van der Waals surface area contributed by atoms with Gasteiger partial charge < -0.3 is 4.74 Å². The summed E-state index contributed by atoms with van der Waals surface area (Å²) >= 11 is 0. The molecule has 1 fully saturated rings. The minimum absolute atomic E-state index is 0.562. The third-order valence-electron chi connectivity index (χ3n) is 4.82. The summed E-state index contributed by atoms with van der Waals surface area (Å²) in [6, 6.07) is 10.6. The van der Waals surface area contributed by atoms with Gasteiger partial charge in [-0.15, -0.1) is 0 Å². The minimum Gasteiger partial charge on any atom is -0.460 e. The van der Waals surface area contributed by atoms with E-state index in [2.05, 4.69) is 46.1 Å². The number of pyridine rings is 1. The van der Waals surface area contributed by atoms with Crippen LogP contribution in [-0.2, 0) is 6.42 Å². The predicted molar refractivity (Wildman–Crippen MR) is 102 cm³/mol. The molecule has 0 spiro atoms. The standard InChI is InChI=1S/C21H24N4O/c1-16-5-7-17(8-6-16)13-18-14-19-20(23-10-9-22-19)21(24-18)26-15-25-11-3-2-4-12-25/h5-10,14H,2-4,11-13,15H2,1H3. The average Bonchev–Trinajstić information content (AvgIpc) is 2.69. The number of likely N-dealkylation sites (tertiary alicyclic amines) is 1. The fraction of sp³-hybridized carbons (Fsp3) is 0.381. The van der Waals surface area contributed by atoms with Gasteiger partial charge in [0.15, 0.2) is 5.52 Å². The zero-order valence-corrected chi connectivity index (χ0v) is 15.2. The van der Waals surface area contributed by atoms with Crippen molar-refractivity contribution in [1.29, 1.82) is 0 Å². The average molecular weight is 348 g/mol. The molecule has 3 heterocycles. The first-order chi connectivity index (χ1) is 12.8. The zero-order valence-electron chi connectivity index (χ0n) is 15.2. The quantitative estimate of drug-likeness (QED) is 0.703. The van der Waals surface area contributed by atoms with Crippen LogP contribution in [-0.4, -0.2) is 39.7 Å². The van der Waals surface area contributed by atoms with E-state index >= 15 is 0 Å². The van der Waals surface area contributed by atoms with Gasteiger partial charge in [-0.05, 0) is 31.4 Å². The lowest BCUT2D eigenvalue weighted by Crippen LogP contribution is -2.33. The van der Waals surface area contributed by atoms with Crippen molar-refractivity contribution in [3.63, 3.8) is 0 Å². The molecule has 4 rings (SSSR count). The molecule has 0 bridgehead atoms. The Morgan fingerprint density at radius 1 is 1.00 bits per heavy atom. The van der Waals surface area contributed by atoms with Crippen molar-refractivity contribution in [2.24, 2.45) is 0 Å². The molecule has 0 N–H and O–H groups in total. The molecule has 2 aromatic heterocycles. The molecule has 0 saturated carbocycles. The van der Waals surface area contributed by atoms with Crippen LogP contribution in [0.4, 0.5) is 0 Å². The van der Waals surface area contributed by atoms with Crippen LogP contribution >= 0.6 is 0 Å². The molecular weight excluding hydrogens is 324 g/mol. The molecule has 1 aliphatic heterocycles. The van der Waals surface area contributed by atoms with Crippen LogP contribution in [0.15, 0.2) is 42.7 Å². The Bertz CT molecular complexity index is 873. The van der Waals surface area contributed by atoms with E-state index in [4.69, 9.17) is 9.72 Å². The van der Waals surface area contributed by atoms with Crippen LogP contribution in [0.5, 0.6) is 5.88 Å². The van der Waals surface area contributed by atoms with E-state index in [1.165, 1.54) is 30.4 Å². The van der Waals surface area contributed by atoms with Gasteiger partial charge in [-0.1, -0.05) is 36.2 Å². The first kappa shape index (κ1) is 16.9. The third kappa shape index (κ3) is 3.99. The molecule has 0 radical (unpaired) electrons. The number of aromatic nitrogens is 3. The zero-order chi connectivity index (χ0) is 17.8. The monoisotopic (exact) mass is 348 g/mol. The number of hydrogen-bond acceptors (Lipinski definition) is 5. The Balaban J connectivity index is 1.58. The lowest BCUT2D eigenvalue weighted by Gasteiger charge is -2.26. The van der Waals surface area contributed by atoms with E-state index in [-0.39, 0.29) is 0 Å². The Hall–Kier alpha value is -2.53. The van der Waals surface area contributed by atoms with Crippen molar-refractivity contribution in [3.8, 4) is 5.88 Å². The summed E-state index contributed by atoms with van der Waals surface area (Å²) in [6.07, 6.45) is 7.96. The molecule has 1 aliphatic rings. The number of rotatable bonds is 5. The van der Waals surface area contributed by atoms with E-state index in [1.807, 2.05) is 6.07 Å². The van der Waals surface area contributed by atoms with Gasteiger partial charge in [0, 0.05) is 31.9 Å². The van der Waals surface area contributed by atoms with Gasteiger partial charge in [-0.3, -0.25) is 9.88 Å². The van der Waals surface area contributed by atoms with Gasteiger partial charge in [-0.2, -0.15) is 0 Å². The molecule has 1 saturated heterocycles. The van der Waals surface area contributed by atoms with Crippen molar-refractivity contribution in [3.05, 3.63) is 59.5 Å². The summed E-state index contributed by atoms with van der Waals surface area (Å²) < 4.78 is 6.07. The number of piperidine rings is 1. The third-order valence-corrected chi connectivity index (χ3v) is 4.82. The second kappa shape index (κ2) is 7.79. The molecule has 26 heavy (non-hydrogen) atoms. The first-order valence-electron chi connectivity index (χ1n) is 9.29. The van der Waals surface area contributed by atoms with Crippen LogP contribution in [0.25, 0.3) is 11.0 Å². The lowest BCUT2D eigenvalue weighted by molar-refractivity contribution is 0.104. The number of fused-ring (bicyclic) bond motifs is 1. The highest BCUT2D eigenvalue weighted by atomic mass is 16.5. The topological polar surface area (TPSA) is 51.1 Å². The van der Waals surface area contributed by atoms with E-state index < -0.39 is 0 Å². The maximum atomic E-state index is 6.07. The summed E-state index contributed by atoms with van der Waals surface area (Å²) in [5.74, 6) is 0.586. The van der Waals surface area contributed by atoms with Crippen LogP contribution in [0.1, 0.15) is 36.1 Å². The van der Waals surface area contributed by atoms with Gasteiger partial charge in [0.1, 0.15) is 6.73 Å². The van der Waals surface area contributed by atoms with Gasteiger partial charge in [0.25, 0.3) is 0 Å². The molecule has 1 aromatic carbocycles. The highest BCUT2D eigenvalue weighted by Crippen LogP contribution is 2.23. The molecule has 0 atom stereocenters. The summed E-state index contributed by atoms with van der Waals surface area (Å²) in [4.78, 5) is 16.0. The first-order valence-corrected chi connectivity index (χ1v) is 9.29. The molecule has 3 aromatic rings. The lowest BCUT2D eigenvalue weighted by atomic mass is 10.1. The second-order valence-electron chi connectivity index (χ2n) is 6.96. The largest absolute Gasteiger partial charge is 0.460 e. The molecule has 0 unspecified atom stereocenters. The van der Waals surface area contributed by atoms with Crippen molar-refractivity contribution < 1.29 is 4.74 Å². The number of nitrogens with zero attached hydrogens (tertiary/aromatic N) is 4. The predicted octanol–water partition coefficient (Wildman–Crippen LogP) is 3.75. The van der Waals surface area contributed by atoms with Crippen molar-refractivity contribution in [1.82, 2.24) is 19.9 Å². The van der Waals surface area contributed by atoms with Crippen molar-refractivity contribution in [2.45, 2.75) is 32.6 Å². The SMILES string of the molecule is Cc1ccc(Cc2cc3nccnc3c(OCN3CCCCC3)n2)cc1.